The summed E-state index contributed by atoms with van der Waals surface area (Å²) in [6.07, 6.45) is 0.789. The summed E-state index contributed by atoms with van der Waals surface area (Å²) in [5, 5.41) is 18.3. The molecular formula is C13H17NOS. The Balaban J connectivity index is 2.48. The van der Waals surface area contributed by atoms with Crippen molar-refractivity contribution in [2.45, 2.75) is 24.5 Å². The maximum Gasteiger partial charge on any atom is 0.0803 e. The van der Waals surface area contributed by atoms with Gasteiger partial charge in [0, 0.05) is 17.6 Å². The molecule has 1 N–H and O–H groups in total. The Hall–Kier alpha value is -0.980. The molecule has 0 aliphatic carbocycles. The Kier molecular flexibility index (Phi) is 5.99. The molecule has 0 heterocycles. The Bertz CT molecular complexity index is 334. The van der Waals surface area contributed by atoms with Gasteiger partial charge in [-0.1, -0.05) is 37.3 Å². The molecule has 0 saturated carbocycles. The van der Waals surface area contributed by atoms with Crippen molar-refractivity contribution in [3.05, 3.63) is 35.9 Å². The molecule has 86 valence electrons. The van der Waals surface area contributed by atoms with Gasteiger partial charge in [0.05, 0.1) is 12.0 Å². The first kappa shape index (κ1) is 13.1. The average Bonchev–Trinajstić information content (AvgIpc) is 2.31. The van der Waals surface area contributed by atoms with Gasteiger partial charge in [-0.3, -0.25) is 0 Å². The number of hydrogen-bond acceptors (Lipinski definition) is 3. The predicted molar refractivity (Wildman–Crippen MR) is 68.4 cm³/mol. The second-order valence-corrected chi connectivity index (χ2v) is 5.22. The van der Waals surface area contributed by atoms with Crippen LogP contribution in [0.4, 0.5) is 0 Å². The van der Waals surface area contributed by atoms with Gasteiger partial charge in [-0.25, -0.2) is 0 Å². The van der Waals surface area contributed by atoms with E-state index in [4.69, 9.17) is 10.4 Å². The third-order valence-corrected chi connectivity index (χ3v) is 3.77. The third kappa shape index (κ3) is 4.26. The molecule has 1 rings (SSSR count). The molecule has 1 aromatic carbocycles. The van der Waals surface area contributed by atoms with Crippen molar-refractivity contribution in [1.29, 1.82) is 5.26 Å². The van der Waals surface area contributed by atoms with Crippen LogP contribution in [0.2, 0.25) is 0 Å². The van der Waals surface area contributed by atoms with E-state index in [1.807, 2.05) is 30.3 Å². The summed E-state index contributed by atoms with van der Waals surface area (Å²) in [6, 6.07) is 12.2. The van der Waals surface area contributed by atoms with E-state index in [1.165, 1.54) is 0 Å². The molecule has 0 saturated heterocycles. The van der Waals surface area contributed by atoms with E-state index in [-0.39, 0.29) is 12.5 Å². The van der Waals surface area contributed by atoms with Crippen LogP contribution in [0.5, 0.6) is 0 Å². The molecule has 16 heavy (non-hydrogen) atoms. The van der Waals surface area contributed by atoms with Crippen molar-refractivity contribution in [1.82, 2.24) is 0 Å². The molecule has 0 amide bonds. The largest absolute Gasteiger partial charge is 0.396 e. The lowest BCUT2D eigenvalue weighted by molar-refractivity contribution is 0.289. The van der Waals surface area contributed by atoms with E-state index in [1.54, 1.807) is 11.8 Å². The van der Waals surface area contributed by atoms with Crippen molar-refractivity contribution < 1.29 is 5.11 Å². The Morgan fingerprint density at radius 2 is 2.06 bits per heavy atom. The fraction of sp³-hybridized carbons (Fsp3) is 0.462. The minimum absolute atomic E-state index is 0.0488. The van der Waals surface area contributed by atoms with Crippen LogP contribution in [0.3, 0.4) is 0 Å². The molecule has 0 aliphatic rings. The summed E-state index contributed by atoms with van der Waals surface area (Å²) < 4.78 is 0. The van der Waals surface area contributed by atoms with Crippen molar-refractivity contribution in [3.8, 4) is 6.07 Å². The molecule has 0 aliphatic heterocycles. The van der Waals surface area contributed by atoms with E-state index < -0.39 is 0 Å². The standard InChI is InChI=1S/C13H17NOS/c1-11(7-8-15)16-10-13(9-14)12-5-3-2-4-6-12/h2-6,11,13,15H,7-8,10H2,1H3. The number of thioether (sulfide) groups is 1. The quantitative estimate of drug-likeness (QED) is 0.824. The van der Waals surface area contributed by atoms with Gasteiger partial charge in [0.15, 0.2) is 0 Å². The highest BCUT2D eigenvalue weighted by molar-refractivity contribution is 7.99. The fourth-order valence-electron chi connectivity index (χ4n) is 1.42. The number of rotatable bonds is 6. The van der Waals surface area contributed by atoms with Crippen LogP contribution in [0.25, 0.3) is 0 Å². The fourth-order valence-corrected chi connectivity index (χ4v) is 2.48. The molecule has 0 bridgehead atoms. The van der Waals surface area contributed by atoms with Crippen molar-refractivity contribution >= 4 is 11.8 Å². The average molecular weight is 235 g/mol. The molecule has 2 unspecified atom stereocenters. The minimum Gasteiger partial charge on any atom is -0.396 e. The Morgan fingerprint density at radius 3 is 2.62 bits per heavy atom. The summed E-state index contributed by atoms with van der Waals surface area (Å²) in [4.78, 5) is 0. The van der Waals surface area contributed by atoms with Crippen LogP contribution in [-0.2, 0) is 0 Å². The molecule has 0 spiro atoms. The van der Waals surface area contributed by atoms with Gasteiger partial charge in [-0.05, 0) is 12.0 Å². The molecule has 3 heteroatoms. The normalized spacial score (nSPS) is 14.1. The zero-order chi connectivity index (χ0) is 11.8. The molecule has 0 aromatic heterocycles. The predicted octanol–water partition coefficient (Wildman–Crippen LogP) is 2.80. The smallest absolute Gasteiger partial charge is 0.0803 e. The second kappa shape index (κ2) is 7.32. The van der Waals surface area contributed by atoms with Gasteiger partial charge in [0.1, 0.15) is 0 Å². The first-order valence-electron chi connectivity index (χ1n) is 5.45. The highest BCUT2D eigenvalue weighted by Crippen LogP contribution is 2.23. The van der Waals surface area contributed by atoms with E-state index >= 15 is 0 Å². The summed E-state index contributed by atoms with van der Waals surface area (Å²) in [7, 11) is 0. The molecule has 0 radical (unpaired) electrons. The number of benzene rings is 1. The second-order valence-electron chi connectivity index (χ2n) is 3.75. The van der Waals surface area contributed by atoms with Gasteiger partial charge < -0.3 is 5.11 Å². The van der Waals surface area contributed by atoms with Gasteiger partial charge in [-0.2, -0.15) is 17.0 Å². The highest BCUT2D eigenvalue weighted by atomic mass is 32.2. The van der Waals surface area contributed by atoms with Crippen LogP contribution in [-0.4, -0.2) is 22.7 Å². The summed E-state index contributed by atoms with van der Waals surface area (Å²) in [5.74, 6) is 0.745. The number of hydrogen-bond donors (Lipinski definition) is 1. The number of nitrogens with zero attached hydrogens (tertiary/aromatic N) is 1. The maximum atomic E-state index is 9.11. The van der Waals surface area contributed by atoms with Gasteiger partial charge in [0.2, 0.25) is 0 Å². The van der Waals surface area contributed by atoms with Crippen LogP contribution in [0.1, 0.15) is 24.8 Å². The Morgan fingerprint density at radius 1 is 1.38 bits per heavy atom. The van der Waals surface area contributed by atoms with Crippen molar-refractivity contribution in [2.75, 3.05) is 12.4 Å². The summed E-state index contributed by atoms with van der Waals surface area (Å²) >= 11 is 1.75. The topological polar surface area (TPSA) is 44.0 Å². The lowest BCUT2D eigenvalue weighted by atomic mass is 10.0. The number of nitriles is 1. The SMILES string of the molecule is CC(CCO)SCC(C#N)c1ccccc1. The van der Waals surface area contributed by atoms with Crippen LogP contribution >= 0.6 is 11.8 Å². The van der Waals surface area contributed by atoms with Crippen LogP contribution < -0.4 is 0 Å². The number of aliphatic hydroxyl groups is 1. The highest BCUT2D eigenvalue weighted by Gasteiger charge is 2.12. The summed E-state index contributed by atoms with van der Waals surface area (Å²) in [6.45, 7) is 2.30. The van der Waals surface area contributed by atoms with Gasteiger partial charge in [0.25, 0.3) is 0 Å². The minimum atomic E-state index is -0.0488. The third-order valence-electron chi connectivity index (χ3n) is 2.44. The van der Waals surface area contributed by atoms with E-state index in [2.05, 4.69) is 13.0 Å². The zero-order valence-corrected chi connectivity index (χ0v) is 10.3. The summed E-state index contributed by atoms with van der Waals surface area (Å²) in [5.41, 5.74) is 1.08. The molecule has 2 atom stereocenters. The van der Waals surface area contributed by atoms with Gasteiger partial charge >= 0.3 is 0 Å². The molecule has 1 aromatic rings. The lowest BCUT2D eigenvalue weighted by Crippen LogP contribution is -2.05. The van der Waals surface area contributed by atoms with Crippen LogP contribution in [0, 0.1) is 11.3 Å². The van der Waals surface area contributed by atoms with Gasteiger partial charge in [-0.15, -0.1) is 0 Å². The Labute approximate surface area is 101 Å². The van der Waals surface area contributed by atoms with Crippen molar-refractivity contribution in [2.24, 2.45) is 0 Å². The monoisotopic (exact) mass is 235 g/mol. The van der Waals surface area contributed by atoms with Crippen molar-refractivity contribution in [3.63, 3.8) is 0 Å². The zero-order valence-electron chi connectivity index (χ0n) is 9.47. The van der Waals surface area contributed by atoms with E-state index in [0.29, 0.717) is 5.25 Å². The van der Waals surface area contributed by atoms with E-state index in [0.717, 1.165) is 17.7 Å². The number of aliphatic hydroxyl groups excluding tert-OH is 1. The van der Waals surface area contributed by atoms with E-state index in [9.17, 15) is 0 Å². The maximum absolute atomic E-state index is 9.11. The molecular weight excluding hydrogens is 218 g/mol. The first-order valence-corrected chi connectivity index (χ1v) is 6.49. The van der Waals surface area contributed by atoms with Crippen LogP contribution in [0.15, 0.2) is 30.3 Å². The molecule has 2 nitrogen and oxygen atoms in total. The lowest BCUT2D eigenvalue weighted by Gasteiger charge is -2.13. The first-order chi connectivity index (χ1) is 7.77. The molecule has 0 fully saturated rings.